The van der Waals surface area contributed by atoms with Crippen LogP contribution in [0.4, 0.5) is 5.69 Å². The Morgan fingerprint density at radius 3 is 2.65 bits per heavy atom. The summed E-state index contributed by atoms with van der Waals surface area (Å²) in [5, 5.41) is 3.67. The lowest BCUT2D eigenvalue weighted by molar-refractivity contribution is -0.117. The van der Waals surface area contributed by atoms with Crippen LogP contribution >= 0.6 is 33.9 Å². The summed E-state index contributed by atoms with van der Waals surface area (Å²) < 4.78 is 1.06. The molecule has 1 saturated heterocycles. The van der Waals surface area contributed by atoms with Crippen molar-refractivity contribution in [3.8, 4) is 0 Å². The zero-order valence-electron chi connectivity index (χ0n) is 10.0. The largest absolute Gasteiger partial charge is 0.282 e. The first-order valence-electron chi connectivity index (χ1n) is 5.67. The van der Waals surface area contributed by atoms with Crippen LogP contribution in [0.15, 0.2) is 41.4 Å². The number of rotatable bonds is 2. The van der Waals surface area contributed by atoms with Crippen molar-refractivity contribution in [1.82, 2.24) is 10.4 Å². The molecule has 2 heterocycles. The summed E-state index contributed by atoms with van der Waals surface area (Å²) in [6, 6.07) is 7.31. The molecule has 0 radical (unpaired) electrons. The van der Waals surface area contributed by atoms with Gasteiger partial charge in [-0.15, -0.1) is 11.3 Å². The van der Waals surface area contributed by atoms with Gasteiger partial charge in [-0.1, -0.05) is 0 Å². The third-order valence-electron chi connectivity index (χ3n) is 2.70. The first-order chi connectivity index (χ1) is 9.65. The number of hydrazine groups is 1. The van der Waals surface area contributed by atoms with Crippen molar-refractivity contribution in [2.24, 2.45) is 0 Å². The van der Waals surface area contributed by atoms with Crippen LogP contribution in [-0.2, 0) is 9.59 Å². The number of benzene rings is 1. The van der Waals surface area contributed by atoms with E-state index in [1.54, 1.807) is 23.7 Å². The van der Waals surface area contributed by atoms with Crippen LogP contribution in [0.5, 0.6) is 0 Å². The Morgan fingerprint density at radius 2 is 2.00 bits per heavy atom. The van der Waals surface area contributed by atoms with E-state index in [9.17, 15) is 9.59 Å². The summed E-state index contributed by atoms with van der Waals surface area (Å²) in [4.78, 5) is 28.2. The van der Waals surface area contributed by atoms with Gasteiger partial charge < -0.3 is 0 Å². The van der Waals surface area contributed by atoms with Gasteiger partial charge in [0, 0.05) is 15.1 Å². The molecule has 0 atom stereocenters. The number of anilines is 1. The molecule has 0 spiro atoms. The third kappa shape index (κ3) is 2.46. The summed E-state index contributed by atoms with van der Waals surface area (Å²) in [5.41, 5.74) is 3.28. The van der Waals surface area contributed by atoms with Gasteiger partial charge >= 0.3 is 0 Å². The molecule has 3 rings (SSSR count). The van der Waals surface area contributed by atoms with Gasteiger partial charge in [-0.25, -0.2) is 9.99 Å². The lowest BCUT2D eigenvalue weighted by atomic mass is 10.2. The molecule has 0 aliphatic carbocycles. The first-order valence-corrected chi connectivity index (χ1v) is 7.63. The van der Waals surface area contributed by atoms with Crippen LogP contribution in [0.2, 0.25) is 0 Å². The fourth-order valence-corrected chi connectivity index (χ4v) is 2.69. The van der Waals surface area contributed by atoms with Crippen molar-refractivity contribution in [1.29, 1.82) is 0 Å². The summed E-state index contributed by atoms with van der Waals surface area (Å²) in [6.07, 6.45) is 3.14. The normalized spacial score (nSPS) is 16.9. The highest BCUT2D eigenvalue weighted by Crippen LogP contribution is 2.22. The molecule has 0 bridgehead atoms. The summed E-state index contributed by atoms with van der Waals surface area (Å²) >= 11 is 3.55. The minimum Gasteiger partial charge on any atom is -0.267 e. The highest BCUT2D eigenvalue weighted by Gasteiger charge is 2.34. The second-order valence-corrected chi connectivity index (χ2v) is 6.16. The smallest absolute Gasteiger partial charge is 0.267 e. The molecule has 1 aromatic carbocycles. The molecule has 0 saturated carbocycles. The van der Waals surface area contributed by atoms with Crippen LogP contribution in [0.3, 0.4) is 0 Å². The van der Waals surface area contributed by atoms with Gasteiger partial charge in [0.1, 0.15) is 10.6 Å². The van der Waals surface area contributed by atoms with E-state index in [0.29, 0.717) is 10.7 Å². The van der Waals surface area contributed by atoms with Crippen LogP contribution < -0.4 is 10.4 Å². The van der Waals surface area contributed by atoms with Gasteiger partial charge in [0.2, 0.25) is 0 Å². The van der Waals surface area contributed by atoms with E-state index >= 15 is 0 Å². The van der Waals surface area contributed by atoms with Gasteiger partial charge in [0.25, 0.3) is 11.8 Å². The van der Waals surface area contributed by atoms with Gasteiger partial charge in [0.15, 0.2) is 0 Å². The quantitative estimate of drug-likeness (QED) is 0.480. The van der Waals surface area contributed by atoms with Crippen LogP contribution in [0.25, 0.3) is 6.08 Å². The molecule has 2 amide bonds. The van der Waals surface area contributed by atoms with E-state index in [1.165, 1.54) is 22.4 Å². The van der Waals surface area contributed by atoms with E-state index in [0.717, 1.165) is 3.57 Å². The fraction of sp³-hybridized carbons (Fsp3) is 0. The molecule has 7 heteroatoms. The predicted molar refractivity (Wildman–Crippen MR) is 84.9 cm³/mol. The van der Waals surface area contributed by atoms with Gasteiger partial charge in [0.05, 0.1) is 5.69 Å². The summed E-state index contributed by atoms with van der Waals surface area (Å²) in [7, 11) is 0. The second-order valence-electron chi connectivity index (χ2n) is 3.99. The molecule has 1 aliphatic rings. The minimum absolute atomic E-state index is 0.0958. The number of carbonyl (C=O) groups excluding carboxylic acids is 2. The van der Waals surface area contributed by atoms with Crippen molar-refractivity contribution in [3.63, 3.8) is 0 Å². The SMILES string of the molecule is O=C1NN(c2ccc(I)cc2)C(=O)/C1=C\c1nccs1. The minimum atomic E-state index is -0.413. The van der Waals surface area contributed by atoms with Gasteiger partial charge in [-0.2, -0.15) is 0 Å². The Balaban J connectivity index is 1.92. The number of aromatic nitrogens is 1. The standard InChI is InChI=1S/C13H8IN3O2S/c14-8-1-3-9(4-2-8)17-13(19)10(12(18)16-17)7-11-15-5-6-20-11/h1-7H,(H,16,18)/b10-7-. The average molecular weight is 397 g/mol. The molecule has 1 aromatic heterocycles. The van der Waals surface area contributed by atoms with Crippen LogP contribution in [-0.4, -0.2) is 16.8 Å². The molecular formula is C13H8IN3O2S. The Kier molecular flexibility index (Phi) is 3.53. The molecular weight excluding hydrogens is 389 g/mol. The van der Waals surface area contributed by atoms with E-state index < -0.39 is 5.91 Å². The molecule has 100 valence electrons. The van der Waals surface area contributed by atoms with Crippen molar-refractivity contribution >= 4 is 57.5 Å². The van der Waals surface area contributed by atoms with E-state index in [-0.39, 0.29) is 11.5 Å². The number of thiazole rings is 1. The maximum atomic E-state index is 12.3. The number of halogens is 1. The molecule has 20 heavy (non-hydrogen) atoms. The zero-order valence-corrected chi connectivity index (χ0v) is 13.0. The van der Waals surface area contributed by atoms with E-state index in [4.69, 9.17) is 0 Å². The molecule has 1 N–H and O–H groups in total. The Morgan fingerprint density at radius 1 is 1.25 bits per heavy atom. The number of carbonyl (C=O) groups is 2. The van der Waals surface area contributed by atoms with E-state index in [1.807, 2.05) is 12.1 Å². The molecule has 5 nitrogen and oxygen atoms in total. The fourth-order valence-electron chi connectivity index (χ4n) is 1.76. The van der Waals surface area contributed by atoms with Crippen molar-refractivity contribution in [3.05, 3.63) is 50.0 Å². The van der Waals surface area contributed by atoms with E-state index in [2.05, 4.69) is 33.0 Å². The molecule has 2 aromatic rings. The topological polar surface area (TPSA) is 62.3 Å². The third-order valence-corrected chi connectivity index (χ3v) is 4.14. The number of amides is 2. The summed E-state index contributed by atoms with van der Waals surface area (Å²) in [6.45, 7) is 0. The highest BCUT2D eigenvalue weighted by atomic mass is 127. The number of nitrogens with one attached hydrogen (secondary N) is 1. The average Bonchev–Trinajstić information content (AvgIpc) is 3.04. The lowest BCUT2D eigenvalue weighted by Crippen LogP contribution is -2.35. The highest BCUT2D eigenvalue weighted by molar-refractivity contribution is 14.1. The summed E-state index contributed by atoms with van der Waals surface area (Å²) in [5.74, 6) is -0.782. The monoisotopic (exact) mass is 397 g/mol. The number of hydrogen-bond acceptors (Lipinski definition) is 4. The second kappa shape index (κ2) is 5.33. The zero-order chi connectivity index (χ0) is 14.1. The van der Waals surface area contributed by atoms with Gasteiger partial charge in [-0.3, -0.25) is 15.0 Å². The van der Waals surface area contributed by atoms with Crippen molar-refractivity contribution in [2.75, 3.05) is 5.01 Å². The number of nitrogens with zero attached hydrogens (tertiary/aromatic N) is 2. The Bertz CT molecular complexity index is 695. The molecule has 0 unspecified atom stereocenters. The maximum Gasteiger partial charge on any atom is 0.282 e. The maximum absolute atomic E-state index is 12.3. The Labute approximate surface area is 132 Å². The predicted octanol–water partition coefficient (Wildman–Crippen LogP) is 2.21. The molecule has 1 fully saturated rings. The van der Waals surface area contributed by atoms with Crippen molar-refractivity contribution < 1.29 is 9.59 Å². The molecule has 1 aliphatic heterocycles. The van der Waals surface area contributed by atoms with Crippen molar-refractivity contribution in [2.45, 2.75) is 0 Å². The first kappa shape index (κ1) is 13.3. The van der Waals surface area contributed by atoms with Crippen LogP contribution in [0.1, 0.15) is 5.01 Å². The van der Waals surface area contributed by atoms with Gasteiger partial charge in [-0.05, 0) is 52.9 Å². The number of hydrogen-bond donors (Lipinski definition) is 1. The lowest BCUT2D eigenvalue weighted by Gasteiger charge is -2.14. The van der Waals surface area contributed by atoms with Crippen LogP contribution in [0, 0.1) is 3.57 Å². The Hall–Kier alpha value is -1.74.